The molecular formula is C11H14N2OS. The van der Waals surface area contributed by atoms with E-state index in [0.29, 0.717) is 10.7 Å². The van der Waals surface area contributed by atoms with E-state index in [2.05, 4.69) is 0 Å². The molecule has 1 aromatic rings. The molecule has 0 unspecified atom stereocenters. The molecule has 0 bridgehead atoms. The summed E-state index contributed by atoms with van der Waals surface area (Å²) in [4.78, 5) is 0.323. The van der Waals surface area contributed by atoms with Gasteiger partial charge in [-0.15, -0.1) is 0 Å². The molecule has 80 valence electrons. The molecule has 0 heterocycles. The molecule has 0 aliphatic carbocycles. The number of rotatable bonds is 3. The molecule has 3 nitrogen and oxygen atoms in total. The third kappa shape index (κ3) is 2.70. The van der Waals surface area contributed by atoms with Gasteiger partial charge in [-0.25, -0.2) is 0 Å². The van der Waals surface area contributed by atoms with Gasteiger partial charge < -0.3 is 16.2 Å². The van der Waals surface area contributed by atoms with Gasteiger partial charge in [0.15, 0.2) is 0 Å². The maximum atomic E-state index is 5.90. The van der Waals surface area contributed by atoms with Crippen molar-refractivity contribution < 1.29 is 4.74 Å². The van der Waals surface area contributed by atoms with Crippen molar-refractivity contribution in [3.63, 3.8) is 0 Å². The lowest BCUT2D eigenvalue weighted by atomic mass is 10.1. The van der Waals surface area contributed by atoms with E-state index in [1.54, 1.807) is 7.11 Å². The summed E-state index contributed by atoms with van der Waals surface area (Å²) in [6.45, 7) is 1.81. The molecule has 0 atom stereocenters. The van der Waals surface area contributed by atoms with E-state index >= 15 is 0 Å². The summed E-state index contributed by atoms with van der Waals surface area (Å²) in [6.07, 6.45) is 0. The Bertz CT molecular complexity index is 396. The highest BCUT2D eigenvalue weighted by Crippen LogP contribution is 2.17. The molecule has 0 fully saturated rings. The molecule has 0 radical (unpaired) electrons. The molecule has 0 aliphatic rings. The van der Waals surface area contributed by atoms with Crippen LogP contribution in [0.2, 0.25) is 0 Å². The maximum Gasteiger partial charge on any atom is 0.118 e. The van der Waals surface area contributed by atoms with Gasteiger partial charge in [-0.3, -0.25) is 0 Å². The van der Waals surface area contributed by atoms with Gasteiger partial charge in [0.25, 0.3) is 0 Å². The van der Waals surface area contributed by atoms with Gasteiger partial charge in [-0.2, -0.15) is 0 Å². The number of ether oxygens (including phenoxy) is 1. The first-order valence-electron chi connectivity index (χ1n) is 4.47. The van der Waals surface area contributed by atoms with Gasteiger partial charge in [0.05, 0.1) is 7.11 Å². The van der Waals surface area contributed by atoms with Crippen LogP contribution in [0.5, 0.6) is 5.75 Å². The normalized spacial score (nSPS) is 11.9. The van der Waals surface area contributed by atoms with Crippen LogP contribution in [0.3, 0.4) is 0 Å². The zero-order chi connectivity index (χ0) is 11.4. The van der Waals surface area contributed by atoms with E-state index in [1.165, 1.54) is 0 Å². The highest BCUT2D eigenvalue weighted by Gasteiger charge is 2.03. The van der Waals surface area contributed by atoms with Crippen molar-refractivity contribution in [3.8, 4) is 5.75 Å². The Balaban J connectivity index is 3.07. The minimum atomic E-state index is 0.323. The molecule has 15 heavy (non-hydrogen) atoms. The summed E-state index contributed by atoms with van der Waals surface area (Å²) in [5.74, 6) is 0.791. The Morgan fingerprint density at radius 2 is 1.73 bits per heavy atom. The van der Waals surface area contributed by atoms with E-state index in [4.69, 9.17) is 28.4 Å². The van der Waals surface area contributed by atoms with E-state index in [0.717, 1.165) is 16.9 Å². The van der Waals surface area contributed by atoms with Gasteiger partial charge in [0.1, 0.15) is 10.7 Å². The average Bonchev–Trinajstić information content (AvgIpc) is 2.27. The highest BCUT2D eigenvalue weighted by molar-refractivity contribution is 7.80. The molecule has 0 aliphatic heterocycles. The van der Waals surface area contributed by atoms with E-state index < -0.39 is 0 Å². The largest absolute Gasteiger partial charge is 0.497 e. The molecule has 0 spiro atoms. The Hall–Kier alpha value is -1.55. The Labute approximate surface area is 94.7 Å². The van der Waals surface area contributed by atoms with Gasteiger partial charge >= 0.3 is 0 Å². The van der Waals surface area contributed by atoms with Crippen molar-refractivity contribution in [1.82, 2.24) is 0 Å². The minimum Gasteiger partial charge on any atom is -0.497 e. The van der Waals surface area contributed by atoms with Crippen molar-refractivity contribution >= 4 is 22.9 Å². The predicted octanol–water partition coefficient (Wildman–Crippen LogP) is 1.67. The van der Waals surface area contributed by atoms with Crippen LogP contribution in [0.15, 0.2) is 29.8 Å². The second-order valence-electron chi connectivity index (χ2n) is 3.13. The van der Waals surface area contributed by atoms with Gasteiger partial charge in [-0.05, 0) is 36.8 Å². The van der Waals surface area contributed by atoms with Crippen LogP contribution in [0, 0.1) is 0 Å². The van der Waals surface area contributed by atoms with Crippen LogP contribution in [0.1, 0.15) is 12.5 Å². The van der Waals surface area contributed by atoms with E-state index in [9.17, 15) is 0 Å². The third-order valence-electron chi connectivity index (χ3n) is 2.17. The van der Waals surface area contributed by atoms with Crippen LogP contribution in [0.4, 0.5) is 0 Å². The van der Waals surface area contributed by atoms with Crippen molar-refractivity contribution in [3.05, 3.63) is 35.4 Å². The first-order valence-corrected chi connectivity index (χ1v) is 4.87. The monoisotopic (exact) mass is 222 g/mol. The molecule has 1 rings (SSSR count). The fourth-order valence-electron chi connectivity index (χ4n) is 1.12. The summed E-state index contributed by atoms with van der Waals surface area (Å²) < 4.78 is 5.05. The van der Waals surface area contributed by atoms with Crippen LogP contribution in [0.25, 0.3) is 5.70 Å². The first-order chi connectivity index (χ1) is 7.06. The van der Waals surface area contributed by atoms with Crippen molar-refractivity contribution in [1.29, 1.82) is 0 Å². The standard InChI is InChI=1S/C11H14N2OS/c1-7(11(13)15)10(12)8-3-5-9(14-2)6-4-8/h3-6H,12H2,1-2H3,(H2,13,15)/b10-7-. The SMILES string of the molecule is COc1ccc(/C(N)=C(\C)C(N)=S)cc1. The van der Waals surface area contributed by atoms with Crippen molar-refractivity contribution in [2.24, 2.45) is 11.5 Å². The first kappa shape index (κ1) is 11.5. The predicted molar refractivity (Wildman–Crippen MR) is 66.6 cm³/mol. The summed E-state index contributed by atoms with van der Waals surface area (Å²) in [5.41, 5.74) is 13.6. The zero-order valence-corrected chi connectivity index (χ0v) is 9.60. The smallest absolute Gasteiger partial charge is 0.118 e. The highest BCUT2D eigenvalue weighted by atomic mass is 32.1. The topological polar surface area (TPSA) is 61.3 Å². The zero-order valence-electron chi connectivity index (χ0n) is 8.78. The quantitative estimate of drug-likeness (QED) is 0.603. The number of hydrogen-bond acceptors (Lipinski definition) is 3. The van der Waals surface area contributed by atoms with Crippen molar-refractivity contribution in [2.75, 3.05) is 7.11 Å². The molecule has 1 aromatic carbocycles. The van der Waals surface area contributed by atoms with Crippen molar-refractivity contribution in [2.45, 2.75) is 6.92 Å². The Morgan fingerprint density at radius 3 is 2.13 bits per heavy atom. The Morgan fingerprint density at radius 1 is 1.20 bits per heavy atom. The third-order valence-corrected chi connectivity index (χ3v) is 2.48. The van der Waals surface area contributed by atoms with E-state index in [-0.39, 0.29) is 0 Å². The number of nitrogens with two attached hydrogens (primary N) is 2. The van der Waals surface area contributed by atoms with Gasteiger partial charge in [-0.1, -0.05) is 12.2 Å². The molecule has 0 saturated carbocycles. The number of thiocarbonyl (C=S) groups is 1. The second kappa shape index (κ2) is 4.79. The number of benzene rings is 1. The maximum absolute atomic E-state index is 5.90. The van der Waals surface area contributed by atoms with Crippen LogP contribution in [-0.4, -0.2) is 12.1 Å². The molecule has 4 N–H and O–H groups in total. The van der Waals surface area contributed by atoms with E-state index in [1.807, 2.05) is 31.2 Å². The summed E-state index contributed by atoms with van der Waals surface area (Å²) in [6, 6.07) is 7.43. The number of hydrogen-bond donors (Lipinski definition) is 2. The molecule has 0 aromatic heterocycles. The summed E-state index contributed by atoms with van der Waals surface area (Å²) in [5, 5.41) is 0. The fourth-order valence-corrected chi connectivity index (χ4v) is 1.23. The molecular weight excluding hydrogens is 208 g/mol. The Kier molecular flexibility index (Phi) is 3.68. The lowest BCUT2D eigenvalue weighted by molar-refractivity contribution is 0.415. The summed E-state index contributed by atoms with van der Waals surface area (Å²) >= 11 is 4.86. The minimum absolute atomic E-state index is 0.323. The average molecular weight is 222 g/mol. The number of methoxy groups -OCH3 is 1. The fraction of sp³-hybridized carbons (Fsp3) is 0.182. The van der Waals surface area contributed by atoms with Crippen LogP contribution in [-0.2, 0) is 0 Å². The van der Waals surface area contributed by atoms with Gasteiger partial charge in [0, 0.05) is 11.3 Å². The lowest BCUT2D eigenvalue weighted by Gasteiger charge is -2.07. The molecule has 0 amide bonds. The second-order valence-corrected chi connectivity index (χ2v) is 3.57. The molecule has 0 saturated heterocycles. The van der Waals surface area contributed by atoms with Crippen LogP contribution >= 0.6 is 12.2 Å². The van der Waals surface area contributed by atoms with Gasteiger partial charge in [0.2, 0.25) is 0 Å². The summed E-state index contributed by atoms with van der Waals surface area (Å²) in [7, 11) is 1.62. The molecule has 4 heteroatoms. The van der Waals surface area contributed by atoms with Crippen LogP contribution < -0.4 is 16.2 Å². The lowest BCUT2D eigenvalue weighted by Crippen LogP contribution is -2.14.